The van der Waals surface area contributed by atoms with Crippen LogP contribution in [0.25, 0.3) is 0 Å². The topological polar surface area (TPSA) is 21.3 Å². The van der Waals surface area contributed by atoms with Crippen molar-refractivity contribution in [3.05, 3.63) is 0 Å². The van der Waals surface area contributed by atoms with Gasteiger partial charge in [0.15, 0.2) is 0 Å². The van der Waals surface area contributed by atoms with Gasteiger partial charge in [-0.1, -0.05) is 32.6 Å². The molecular weight excluding hydrogens is 222 g/mol. The van der Waals surface area contributed by atoms with Gasteiger partial charge >= 0.3 is 0 Å². The Morgan fingerprint density at radius 1 is 1.00 bits per heavy atom. The van der Waals surface area contributed by atoms with Crippen molar-refractivity contribution < 1.29 is 4.74 Å². The van der Waals surface area contributed by atoms with Gasteiger partial charge in [0.25, 0.3) is 0 Å². The van der Waals surface area contributed by atoms with Gasteiger partial charge in [-0.05, 0) is 44.4 Å². The summed E-state index contributed by atoms with van der Waals surface area (Å²) in [5.41, 5.74) is 0.193. The van der Waals surface area contributed by atoms with Gasteiger partial charge in [-0.25, -0.2) is 0 Å². The highest BCUT2D eigenvalue weighted by Gasteiger charge is 2.39. The van der Waals surface area contributed by atoms with Crippen molar-refractivity contribution in [3.63, 3.8) is 0 Å². The van der Waals surface area contributed by atoms with E-state index in [0.717, 1.165) is 18.5 Å². The predicted octanol–water partition coefficient (Wildman–Crippen LogP) is 3.65. The molecule has 3 aliphatic rings. The molecule has 2 unspecified atom stereocenters. The van der Waals surface area contributed by atoms with Gasteiger partial charge in [0, 0.05) is 12.6 Å². The summed E-state index contributed by atoms with van der Waals surface area (Å²) in [5.74, 6) is 0.775. The highest BCUT2D eigenvalue weighted by atomic mass is 16.5. The Kier molecular flexibility index (Phi) is 3.95. The van der Waals surface area contributed by atoms with Crippen molar-refractivity contribution in [2.24, 2.45) is 5.92 Å². The summed E-state index contributed by atoms with van der Waals surface area (Å²) in [7, 11) is 0. The zero-order valence-electron chi connectivity index (χ0n) is 11.9. The monoisotopic (exact) mass is 251 g/mol. The van der Waals surface area contributed by atoms with Crippen LogP contribution in [0.5, 0.6) is 0 Å². The molecule has 104 valence electrons. The number of hydrogen-bond acceptors (Lipinski definition) is 2. The summed E-state index contributed by atoms with van der Waals surface area (Å²) in [6.45, 7) is 3.50. The van der Waals surface area contributed by atoms with Gasteiger partial charge in [-0.3, -0.25) is 0 Å². The molecule has 3 rings (SSSR count). The molecule has 0 spiro atoms. The Labute approximate surface area is 112 Å². The smallest absolute Gasteiger partial charge is 0.0810 e. The average Bonchev–Trinajstić information content (AvgIpc) is 3.10. The number of rotatable bonds is 5. The Morgan fingerprint density at radius 3 is 2.39 bits per heavy atom. The first-order valence-corrected chi connectivity index (χ1v) is 8.19. The molecule has 0 aromatic carbocycles. The van der Waals surface area contributed by atoms with Crippen molar-refractivity contribution in [1.29, 1.82) is 0 Å². The summed E-state index contributed by atoms with van der Waals surface area (Å²) in [6.07, 6.45) is 14.1. The minimum absolute atomic E-state index is 0.193. The van der Waals surface area contributed by atoms with Crippen molar-refractivity contribution in [2.75, 3.05) is 6.54 Å². The Morgan fingerprint density at radius 2 is 1.72 bits per heavy atom. The molecule has 0 bridgehead atoms. The van der Waals surface area contributed by atoms with Crippen molar-refractivity contribution in [1.82, 2.24) is 5.32 Å². The maximum absolute atomic E-state index is 6.67. The van der Waals surface area contributed by atoms with Crippen LogP contribution in [0, 0.1) is 5.92 Å². The van der Waals surface area contributed by atoms with E-state index in [1.165, 1.54) is 64.2 Å². The molecule has 0 amide bonds. The Hall–Kier alpha value is -0.0800. The molecule has 0 radical (unpaired) electrons. The zero-order valence-corrected chi connectivity index (χ0v) is 11.9. The lowest BCUT2D eigenvalue weighted by molar-refractivity contribution is -0.119. The fourth-order valence-corrected chi connectivity index (χ4v) is 3.75. The standard InChI is InChI=1S/C16H29NO/c1-13-6-2-3-7-15(13)18-16(10-4-5-11-16)12-17-14-8-9-14/h13-15,17H,2-12H2,1H3. The molecule has 18 heavy (non-hydrogen) atoms. The highest BCUT2D eigenvalue weighted by Crippen LogP contribution is 2.38. The summed E-state index contributed by atoms with van der Waals surface area (Å²) in [5, 5.41) is 3.72. The summed E-state index contributed by atoms with van der Waals surface area (Å²) in [6, 6.07) is 0.815. The molecule has 3 saturated carbocycles. The van der Waals surface area contributed by atoms with E-state index in [1.54, 1.807) is 0 Å². The number of hydrogen-bond donors (Lipinski definition) is 1. The quantitative estimate of drug-likeness (QED) is 0.805. The molecule has 1 N–H and O–H groups in total. The van der Waals surface area contributed by atoms with E-state index in [4.69, 9.17) is 4.74 Å². The molecule has 2 nitrogen and oxygen atoms in total. The maximum Gasteiger partial charge on any atom is 0.0810 e. The van der Waals surface area contributed by atoms with Crippen LogP contribution in [0.2, 0.25) is 0 Å². The van der Waals surface area contributed by atoms with Crippen molar-refractivity contribution in [3.8, 4) is 0 Å². The largest absolute Gasteiger partial charge is 0.370 e. The molecule has 0 heterocycles. The molecule has 2 atom stereocenters. The lowest BCUT2D eigenvalue weighted by atomic mass is 9.87. The summed E-state index contributed by atoms with van der Waals surface area (Å²) in [4.78, 5) is 0. The molecule has 3 fully saturated rings. The van der Waals surface area contributed by atoms with Crippen molar-refractivity contribution >= 4 is 0 Å². The van der Waals surface area contributed by atoms with Crippen LogP contribution in [0.1, 0.15) is 71.1 Å². The van der Waals surface area contributed by atoms with E-state index >= 15 is 0 Å². The molecule has 3 aliphatic carbocycles. The molecule has 2 heteroatoms. The Bertz CT molecular complexity index is 268. The third-order valence-electron chi connectivity index (χ3n) is 5.24. The van der Waals surface area contributed by atoms with Crippen LogP contribution < -0.4 is 5.32 Å². The van der Waals surface area contributed by atoms with Gasteiger partial charge in [0.05, 0.1) is 11.7 Å². The predicted molar refractivity (Wildman–Crippen MR) is 74.7 cm³/mol. The van der Waals surface area contributed by atoms with Crippen LogP contribution in [0.15, 0.2) is 0 Å². The van der Waals surface area contributed by atoms with E-state index in [9.17, 15) is 0 Å². The van der Waals surface area contributed by atoms with Crippen LogP contribution in [-0.4, -0.2) is 24.3 Å². The first-order valence-electron chi connectivity index (χ1n) is 8.19. The second-order valence-electron chi connectivity index (χ2n) is 6.96. The molecule has 0 aromatic rings. The zero-order chi connectivity index (χ0) is 12.4. The molecule has 0 aromatic heterocycles. The minimum Gasteiger partial charge on any atom is -0.370 e. The third kappa shape index (κ3) is 3.08. The summed E-state index contributed by atoms with van der Waals surface area (Å²) < 4.78 is 6.67. The summed E-state index contributed by atoms with van der Waals surface area (Å²) >= 11 is 0. The van der Waals surface area contributed by atoms with E-state index in [0.29, 0.717) is 6.10 Å². The SMILES string of the molecule is CC1CCCCC1OC1(CNC2CC2)CCCC1. The van der Waals surface area contributed by atoms with Crippen LogP contribution >= 0.6 is 0 Å². The normalized spacial score (nSPS) is 35.8. The molecular formula is C16H29NO. The first-order chi connectivity index (χ1) is 8.77. The van der Waals surface area contributed by atoms with Gasteiger partial charge < -0.3 is 10.1 Å². The molecule has 0 aliphatic heterocycles. The Balaban J connectivity index is 1.57. The minimum atomic E-state index is 0.193. The number of ether oxygens (including phenoxy) is 1. The van der Waals surface area contributed by atoms with E-state index in [-0.39, 0.29) is 5.60 Å². The van der Waals surface area contributed by atoms with Crippen LogP contribution in [0.4, 0.5) is 0 Å². The van der Waals surface area contributed by atoms with Crippen molar-refractivity contribution in [2.45, 2.75) is 88.9 Å². The second-order valence-corrected chi connectivity index (χ2v) is 6.96. The van der Waals surface area contributed by atoms with Crippen LogP contribution in [-0.2, 0) is 4.74 Å². The average molecular weight is 251 g/mol. The molecule has 0 saturated heterocycles. The van der Waals surface area contributed by atoms with Gasteiger partial charge in [0.2, 0.25) is 0 Å². The maximum atomic E-state index is 6.67. The van der Waals surface area contributed by atoms with Gasteiger partial charge in [0.1, 0.15) is 0 Å². The van der Waals surface area contributed by atoms with Crippen LogP contribution in [0.3, 0.4) is 0 Å². The second kappa shape index (κ2) is 5.50. The van der Waals surface area contributed by atoms with E-state index in [2.05, 4.69) is 12.2 Å². The first kappa shape index (κ1) is 12.9. The van der Waals surface area contributed by atoms with Gasteiger partial charge in [-0.2, -0.15) is 0 Å². The van der Waals surface area contributed by atoms with Gasteiger partial charge in [-0.15, -0.1) is 0 Å². The van der Waals surface area contributed by atoms with E-state index < -0.39 is 0 Å². The third-order valence-corrected chi connectivity index (χ3v) is 5.24. The fourth-order valence-electron chi connectivity index (χ4n) is 3.75. The van der Waals surface area contributed by atoms with E-state index in [1.807, 2.05) is 0 Å². The lowest BCUT2D eigenvalue weighted by Crippen LogP contribution is -2.46. The fraction of sp³-hybridized carbons (Fsp3) is 1.00. The highest BCUT2D eigenvalue weighted by molar-refractivity contribution is 4.93. The number of nitrogens with one attached hydrogen (secondary N) is 1. The lowest BCUT2D eigenvalue weighted by Gasteiger charge is -2.38.